The summed E-state index contributed by atoms with van der Waals surface area (Å²) in [4.78, 5) is 7.59. The number of para-hydroxylation sites is 1. The molecule has 1 saturated heterocycles. The van der Waals surface area contributed by atoms with Crippen LogP contribution < -0.4 is 10.6 Å². The fourth-order valence-electron chi connectivity index (χ4n) is 2.81. The Bertz CT molecular complexity index is 631. The maximum atomic E-state index is 5.92. The van der Waals surface area contributed by atoms with Crippen molar-refractivity contribution in [3.05, 3.63) is 35.9 Å². The van der Waals surface area contributed by atoms with Crippen molar-refractivity contribution < 1.29 is 0 Å². The highest BCUT2D eigenvalue weighted by atomic mass is 32.1. The Morgan fingerprint density at radius 3 is 2.50 bits per heavy atom. The molecule has 1 aromatic heterocycles. The minimum atomic E-state index is 0.433. The van der Waals surface area contributed by atoms with Crippen molar-refractivity contribution in [2.24, 2.45) is 5.73 Å². The van der Waals surface area contributed by atoms with Crippen molar-refractivity contribution in [2.45, 2.75) is 25.7 Å². The first kappa shape index (κ1) is 13.3. The SMILES string of the molecule is NC(=S)c1cc2ccccc2nc1N1CCCCCC1. The van der Waals surface area contributed by atoms with Gasteiger partial charge in [-0.3, -0.25) is 0 Å². The number of nitrogens with two attached hydrogens (primary N) is 1. The number of nitrogens with zero attached hydrogens (tertiary/aromatic N) is 2. The Labute approximate surface area is 124 Å². The number of pyridine rings is 1. The zero-order chi connectivity index (χ0) is 13.9. The van der Waals surface area contributed by atoms with E-state index in [4.69, 9.17) is 22.9 Å². The molecule has 104 valence electrons. The van der Waals surface area contributed by atoms with Gasteiger partial charge in [0, 0.05) is 18.5 Å². The van der Waals surface area contributed by atoms with E-state index in [1.165, 1.54) is 25.7 Å². The molecule has 0 bridgehead atoms. The van der Waals surface area contributed by atoms with Gasteiger partial charge in [-0.25, -0.2) is 4.98 Å². The normalized spacial score (nSPS) is 16.1. The molecule has 0 spiro atoms. The van der Waals surface area contributed by atoms with E-state index >= 15 is 0 Å². The van der Waals surface area contributed by atoms with Crippen LogP contribution in [-0.4, -0.2) is 23.1 Å². The maximum Gasteiger partial charge on any atom is 0.139 e. The number of thiocarbonyl (C=S) groups is 1. The molecule has 1 fully saturated rings. The highest BCUT2D eigenvalue weighted by molar-refractivity contribution is 7.80. The fraction of sp³-hybridized carbons (Fsp3) is 0.375. The predicted molar refractivity (Wildman–Crippen MR) is 88.3 cm³/mol. The van der Waals surface area contributed by atoms with E-state index in [-0.39, 0.29) is 0 Å². The van der Waals surface area contributed by atoms with E-state index in [2.05, 4.69) is 17.0 Å². The molecular weight excluding hydrogens is 266 g/mol. The van der Waals surface area contributed by atoms with E-state index < -0.39 is 0 Å². The third-order valence-corrected chi connectivity index (χ3v) is 4.09. The van der Waals surface area contributed by atoms with Crippen molar-refractivity contribution in [1.29, 1.82) is 0 Å². The van der Waals surface area contributed by atoms with Crippen LogP contribution in [0.1, 0.15) is 31.2 Å². The minimum Gasteiger partial charge on any atom is -0.389 e. The first-order chi connectivity index (χ1) is 9.75. The number of benzene rings is 1. The van der Waals surface area contributed by atoms with Gasteiger partial charge in [0.25, 0.3) is 0 Å². The number of hydrogen-bond acceptors (Lipinski definition) is 3. The molecule has 0 saturated carbocycles. The van der Waals surface area contributed by atoms with Crippen molar-refractivity contribution in [1.82, 2.24) is 4.98 Å². The van der Waals surface area contributed by atoms with Crippen LogP contribution >= 0.6 is 12.2 Å². The molecule has 2 N–H and O–H groups in total. The molecular formula is C16H19N3S. The second-order valence-electron chi connectivity index (χ2n) is 5.32. The van der Waals surface area contributed by atoms with Crippen LogP contribution in [-0.2, 0) is 0 Å². The molecule has 1 aliphatic rings. The van der Waals surface area contributed by atoms with Crippen LogP contribution in [0.15, 0.2) is 30.3 Å². The fourth-order valence-corrected chi connectivity index (χ4v) is 2.96. The minimum absolute atomic E-state index is 0.433. The molecule has 2 heterocycles. The number of aromatic nitrogens is 1. The topological polar surface area (TPSA) is 42.1 Å². The average Bonchev–Trinajstić information content (AvgIpc) is 2.74. The van der Waals surface area contributed by atoms with Gasteiger partial charge in [-0.05, 0) is 25.0 Å². The van der Waals surface area contributed by atoms with Crippen LogP contribution in [0.25, 0.3) is 10.9 Å². The van der Waals surface area contributed by atoms with Gasteiger partial charge in [-0.15, -0.1) is 0 Å². The Kier molecular flexibility index (Phi) is 3.83. The number of fused-ring (bicyclic) bond motifs is 1. The Hall–Kier alpha value is -1.68. The lowest BCUT2D eigenvalue weighted by Gasteiger charge is -2.24. The molecule has 4 heteroatoms. The van der Waals surface area contributed by atoms with Crippen LogP contribution in [0.3, 0.4) is 0 Å². The standard InChI is InChI=1S/C16H19N3S/c17-15(20)13-11-12-7-3-4-8-14(12)18-16(13)19-9-5-1-2-6-10-19/h3-4,7-8,11H,1-2,5-6,9-10H2,(H2,17,20). The highest BCUT2D eigenvalue weighted by Gasteiger charge is 2.17. The van der Waals surface area contributed by atoms with Crippen LogP contribution in [0.5, 0.6) is 0 Å². The van der Waals surface area contributed by atoms with Crippen molar-refractivity contribution in [3.8, 4) is 0 Å². The Morgan fingerprint density at radius 2 is 1.80 bits per heavy atom. The second-order valence-corrected chi connectivity index (χ2v) is 5.76. The monoisotopic (exact) mass is 285 g/mol. The maximum absolute atomic E-state index is 5.92. The molecule has 0 unspecified atom stereocenters. The molecule has 0 radical (unpaired) electrons. The summed E-state index contributed by atoms with van der Waals surface area (Å²) in [6.45, 7) is 2.09. The summed E-state index contributed by atoms with van der Waals surface area (Å²) in [5, 5.41) is 1.09. The largest absolute Gasteiger partial charge is 0.389 e. The summed E-state index contributed by atoms with van der Waals surface area (Å²) in [6, 6.07) is 10.2. The van der Waals surface area contributed by atoms with Crippen molar-refractivity contribution in [3.63, 3.8) is 0 Å². The third-order valence-electron chi connectivity index (χ3n) is 3.87. The zero-order valence-electron chi connectivity index (χ0n) is 11.5. The van der Waals surface area contributed by atoms with E-state index in [1.54, 1.807) is 0 Å². The smallest absolute Gasteiger partial charge is 0.139 e. The molecule has 0 amide bonds. The summed E-state index contributed by atoms with van der Waals surface area (Å²) < 4.78 is 0. The van der Waals surface area contributed by atoms with E-state index in [0.717, 1.165) is 35.4 Å². The van der Waals surface area contributed by atoms with Gasteiger partial charge < -0.3 is 10.6 Å². The van der Waals surface area contributed by atoms with Gasteiger partial charge >= 0.3 is 0 Å². The number of rotatable bonds is 2. The molecule has 0 aliphatic carbocycles. The Balaban J connectivity index is 2.11. The van der Waals surface area contributed by atoms with Gasteiger partial charge in [-0.2, -0.15) is 0 Å². The molecule has 0 atom stereocenters. The first-order valence-electron chi connectivity index (χ1n) is 7.20. The van der Waals surface area contributed by atoms with Crippen LogP contribution in [0.4, 0.5) is 5.82 Å². The van der Waals surface area contributed by atoms with Gasteiger partial charge in [0.05, 0.1) is 11.1 Å². The molecule has 3 rings (SSSR count). The van der Waals surface area contributed by atoms with Crippen LogP contribution in [0, 0.1) is 0 Å². The molecule has 1 aromatic carbocycles. The first-order valence-corrected chi connectivity index (χ1v) is 7.61. The summed E-state index contributed by atoms with van der Waals surface area (Å²) in [6.07, 6.45) is 5.02. The molecule has 2 aromatic rings. The van der Waals surface area contributed by atoms with Gasteiger partial charge in [0.1, 0.15) is 10.8 Å². The summed E-state index contributed by atoms with van der Waals surface area (Å²) in [5.74, 6) is 0.957. The lowest BCUT2D eigenvalue weighted by atomic mass is 10.1. The average molecular weight is 285 g/mol. The number of hydrogen-bond donors (Lipinski definition) is 1. The summed E-state index contributed by atoms with van der Waals surface area (Å²) in [7, 11) is 0. The summed E-state index contributed by atoms with van der Waals surface area (Å²) >= 11 is 5.23. The molecule has 20 heavy (non-hydrogen) atoms. The molecule has 3 nitrogen and oxygen atoms in total. The third kappa shape index (κ3) is 2.61. The predicted octanol–water partition coefficient (Wildman–Crippen LogP) is 3.25. The molecule has 1 aliphatic heterocycles. The van der Waals surface area contributed by atoms with Crippen molar-refractivity contribution in [2.75, 3.05) is 18.0 Å². The quantitative estimate of drug-likeness (QED) is 0.860. The van der Waals surface area contributed by atoms with Gasteiger partial charge in [-0.1, -0.05) is 43.3 Å². The second kappa shape index (κ2) is 5.75. The van der Waals surface area contributed by atoms with Crippen LogP contribution in [0.2, 0.25) is 0 Å². The summed E-state index contributed by atoms with van der Waals surface area (Å²) in [5.41, 5.74) is 7.83. The highest BCUT2D eigenvalue weighted by Crippen LogP contribution is 2.25. The lowest BCUT2D eigenvalue weighted by Crippen LogP contribution is -2.28. The van der Waals surface area contributed by atoms with E-state index in [1.807, 2.05) is 18.2 Å². The van der Waals surface area contributed by atoms with Gasteiger partial charge in [0.15, 0.2) is 0 Å². The van der Waals surface area contributed by atoms with Crippen molar-refractivity contribution >= 4 is 33.9 Å². The lowest BCUT2D eigenvalue weighted by molar-refractivity contribution is 0.726. The zero-order valence-corrected chi connectivity index (χ0v) is 12.3. The van der Waals surface area contributed by atoms with E-state index in [0.29, 0.717) is 4.99 Å². The van der Waals surface area contributed by atoms with Gasteiger partial charge in [0.2, 0.25) is 0 Å². The van der Waals surface area contributed by atoms with E-state index in [9.17, 15) is 0 Å². The Morgan fingerprint density at radius 1 is 1.10 bits per heavy atom. The number of anilines is 1.